The van der Waals surface area contributed by atoms with Crippen LogP contribution in [-0.2, 0) is 22.4 Å². The number of halogens is 2. The molecule has 0 spiro atoms. The average Bonchev–Trinajstić information content (AvgIpc) is 2.23. The summed E-state index contributed by atoms with van der Waals surface area (Å²) < 4.78 is 0.715. The molecule has 86 valence electrons. The molecule has 0 radical (unpaired) electrons. The van der Waals surface area contributed by atoms with Crippen LogP contribution in [0.5, 0.6) is 0 Å². The normalized spacial score (nSPS) is 10.1. The van der Waals surface area contributed by atoms with Gasteiger partial charge in [0.2, 0.25) is 0 Å². The van der Waals surface area contributed by atoms with E-state index in [0.29, 0.717) is 21.8 Å². The summed E-state index contributed by atoms with van der Waals surface area (Å²) in [7, 11) is 0. The van der Waals surface area contributed by atoms with Gasteiger partial charge in [-0.1, -0.05) is 50.1 Å². The number of carbonyl (C=O) groups excluding carboxylic acids is 1. The number of benzene rings is 1. The third-order valence-electron chi connectivity index (χ3n) is 2.04. The Balaban J connectivity index is 2.94. The lowest BCUT2D eigenvalue weighted by Crippen LogP contribution is -2.06. The molecule has 1 aromatic carbocycles. The lowest BCUT2D eigenvalue weighted by molar-refractivity contribution is -0.136. The van der Waals surface area contributed by atoms with Gasteiger partial charge in [-0.3, -0.25) is 9.59 Å². The molecular weight excluding hydrogens is 340 g/mol. The van der Waals surface area contributed by atoms with E-state index in [2.05, 4.69) is 31.9 Å². The Morgan fingerprint density at radius 1 is 1.19 bits per heavy atom. The summed E-state index contributed by atoms with van der Waals surface area (Å²) in [6.45, 7) is 0. The van der Waals surface area contributed by atoms with Gasteiger partial charge < -0.3 is 5.11 Å². The molecule has 0 unspecified atom stereocenters. The van der Waals surface area contributed by atoms with E-state index < -0.39 is 5.97 Å². The van der Waals surface area contributed by atoms with Gasteiger partial charge in [-0.25, -0.2) is 0 Å². The average molecular weight is 350 g/mol. The number of carbonyl (C=O) groups is 2. The van der Waals surface area contributed by atoms with Crippen molar-refractivity contribution in [3.8, 4) is 0 Å². The fraction of sp³-hybridized carbons (Fsp3) is 0.273. The van der Waals surface area contributed by atoms with Crippen LogP contribution in [0.2, 0.25) is 0 Å². The Kier molecular flexibility index (Phi) is 5.15. The number of hydrogen-bond donors (Lipinski definition) is 1. The molecule has 1 aromatic rings. The van der Waals surface area contributed by atoms with Crippen molar-refractivity contribution < 1.29 is 14.7 Å². The summed E-state index contributed by atoms with van der Waals surface area (Å²) in [6, 6.07) is 5.32. The highest BCUT2D eigenvalue weighted by atomic mass is 79.9. The molecule has 0 saturated carbocycles. The minimum absolute atomic E-state index is 0.0447. The molecule has 0 aliphatic carbocycles. The smallest absolute Gasteiger partial charge is 0.307 e. The number of carboxylic acids is 1. The first kappa shape index (κ1) is 13.4. The lowest BCUT2D eigenvalue weighted by atomic mass is 10.0. The monoisotopic (exact) mass is 348 g/mol. The number of ketones is 1. The summed E-state index contributed by atoms with van der Waals surface area (Å²) in [6.07, 6.45) is 0.260. The fourth-order valence-corrected chi connectivity index (χ4v) is 2.07. The molecule has 0 fully saturated rings. The van der Waals surface area contributed by atoms with Gasteiger partial charge in [0, 0.05) is 10.9 Å². The van der Waals surface area contributed by atoms with Gasteiger partial charge in [0.05, 0.1) is 11.8 Å². The summed E-state index contributed by atoms with van der Waals surface area (Å²) in [5.74, 6) is -0.821. The fourth-order valence-electron chi connectivity index (χ4n) is 1.33. The number of hydrogen-bond acceptors (Lipinski definition) is 2. The van der Waals surface area contributed by atoms with Gasteiger partial charge in [0.25, 0.3) is 0 Å². The molecule has 0 atom stereocenters. The summed E-state index contributed by atoms with van der Waals surface area (Å²) >= 11 is 6.43. The molecule has 1 N–H and O–H groups in total. The van der Waals surface area contributed by atoms with Crippen LogP contribution in [0.25, 0.3) is 0 Å². The second-order valence-corrected chi connectivity index (χ2v) is 4.66. The maximum atomic E-state index is 11.3. The van der Waals surface area contributed by atoms with E-state index in [1.54, 1.807) is 12.1 Å². The first-order valence-electron chi connectivity index (χ1n) is 4.60. The van der Waals surface area contributed by atoms with Crippen LogP contribution in [0.3, 0.4) is 0 Å². The summed E-state index contributed by atoms with van der Waals surface area (Å²) in [4.78, 5) is 21.9. The highest BCUT2D eigenvalue weighted by Gasteiger charge is 2.11. The van der Waals surface area contributed by atoms with Gasteiger partial charge in [0.1, 0.15) is 5.78 Å². The molecule has 0 heterocycles. The van der Waals surface area contributed by atoms with Crippen molar-refractivity contribution in [2.45, 2.75) is 12.8 Å². The summed E-state index contributed by atoms with van der Waals surface area (Å²) in [5, 5.41) is 9.02. The third kappa shape index (κ3) is 3.72. The standard InChI is InChI=1S/C11H10Br2O3/c12-6-9(14)4-7-2-1-3-8(11(7)13)5-10(15)16/h1-3H,4-6H2,(H,15,16). The van der Waals surface area contributed by atoms with E-state index in [4.69, 9.17) is 5.11 Å². The van der Waals surface area contributed by atoms with Crippen molar-refractivity contribution in [1.82, 2.24) is 0 Å². The molecule has 0 aliphatic rings. The van der Waals surface area contributed by atoms with E-state index in [0.717, 1.165) is 5.56 Å². The van der Waals surface area contributed by atoms with E-state index >= 15 is 0 Å². The molecular formula is C11H10Br2O3. The quantitative estimate of drug-likeness (QED) is 0.831. The van der Waals surface area contributed by atoms with E-state index in [1.165, 1.54) is 0 Å². The number of rotatable bonds is 5. The minimum atomic E-state index is -0.885. The number of carboxylic acid groups (broad SMARTS) is 1. The first-order chi connectivity index (χ1) is 7.54. The van der Waals surface area contributed by atoms with Crippen LogP contribution in [0.1, 0.15) is 11.1 Å². The molecule has 0 aromatic heterocycles. The van der Waals surface area contributed by atoms with Crippen molar-refractivity contribution in [1.29, 1.82) is 0 Å². The van der Waals surface area contributed by atoms with Crippen LogP contribution >= 0.6 is 31.9 Å². The molecule has 16 heavy (non-hydrogen) atoms. The minimum Gasteiger partial charge on any atom is -0.481 e. The predicted octanol–water partition coefficient (Wildman–Crippen LogP) is 2.58. The van der Waals surface area contributed by atoms with Crippen LogP contribution in [0.4, 0.5) is 0 Å². The van der Waals surface area contributed by atoms with Crippen LogP contribution in [-0.4, -0.2) is 22.2 Å². The second kappa shape index (κ2) is 6.15. The van der Waals surface area contributed by atoms with Crippen LogP contribution in [0, 0.1) is 0 Å². The largest absolute Gasteiger partial charge is 0.481 e. The Morgan fingerprint density at radius 3 is 2.25 bits per heavy atom. The first-order valence-corrected chi connectivity index (χ1v) is 6.51. The highest BCUT2D eigenvalue weighted by molar-refractivity contribution is 9.10. The topological polar surface area (TPSA) is 54.4 Å². The summed E-state index contributed by atoms with van der Waals surface area (Å²) in [5.41, 5.74) is 1.51. The third-order valence-corrected chi connectivity index (χ3v) is 3.68. The molecule has 3 nitrogen and oxygen atoms in total. The zero-order valence-electron chi connectivity index (χ0n) is 8.37. The zero-order chi connectivity index (χ0) is 12.1. The highest BCUT2D eigenvalue weighted by Crippen LogP contribution is 2.23. The van der Waals surface area contributed by atoms with Crippen molar-refractivity contribution in [2.75, 3.05) is 5.33 Å². The Bertz CT molecular complexity index is 416. The van der Waals surface area contributed by atoms with E-state index in [-0.39, 0.29) is 12.2 Å². The van der Waals surface area contributed by atoms with Gasteiger partial charge in [-0.2, -0.15) is 0 Å². The second-order valence-electron chi connectivity index (χ2n) is 3.31. The number of Topliss-reactive ketones (excluding diaryl/α,β-unsaturated/α-hetero) is 1. The number of alkyl halides is 1. The van der Waals surface area contributed by atoms with Crippen molar-refractivity contribution in [3.05, 3.63) is 33.8 Å². The maximum Gasteiger partial charge on any atom is 0.307 e. The van der Waals surface area contributed by atoms with Crippen LogP contribution < -0.4 is 0 Å². The van der Waals surface area contributed by atoms with Gasteiger partial charge >= 0.3 is 5.97 Å². The van der Waals surface area contributed by atoms with Gasteiger partial charge in [-0.05, 0) is 11.1 Å². The van der Waals surface area contributed by atoms with Crippen molar-refractivity contribution >= 4 is 43.6 Å². The molecule has 5 heteroatoms. The molecule has 0 bridgehead atoms. The van der Waals surface area contributed by atoms with Gasteiger partial charge in [0.15, 0.2) is 0 Å². The Labute approximate surface area is 110 Å². The van der Waals surface area contributed by atoms with Crippen molar-refractivity contribution in [3.63, 3.8) is 0 Å². The SMILES string of the molecule is O=C(O)Cc1cccc(CC(=O)CBr)c1Br. The Hall–Kier alpha value is -0.680. The molecule has 1 rings (SSSR count). The van der Waals surface area contributed by atoms with E-state index in [1.807, 2.05) is 6.07 Å². The Morgan fingerprint density at radius 2 is 1.75 bits per heavy atom. The van der Waals surface area contributed by atoms with E-state index in [9.17, 15) is 9.59 Å². The predicted molar refractivity (Wildman–Crippen MR) is 68.0 cm³/mol. The lowest BCUT2D eigenvalue weighted by Gasteiger charge is -2.07. The van der Waals surface area contributed by atoms with Crippen molar-refractivity contribution in [2.24, 2.45) is 0 Å². The maximum absolute atomic E-state index is 11.3. The van der Waals surface area contributed by atoms with Crippen LogP contribution in [0.15, 0.2) is 22.7 Å². The molecule has 0 saturated heterocycles. The number of aliphatic carboxylic acids is 1. The molecule has 0 aliphatic heterocycles. The van der Waals surface area contributed by atoms with Gasteiger partial charge in [-0.15, -0.1) is 0 Å². The zero-order valence-corrected chi connectivity index (χ0v) is 11.5. The molecule has 0 amide bonds.